The van der Waals surface area contributed by atoms with E-state index < -0.39 is 0 Å². The van der Waals surface area contributed by atoms with Gasteiger partial charge in [-0.1, -0.05) is 6.07 Å². The molecular weight excluding hydrogens is 196 g/mol. The van der Waals surface area contributed by atoms with Gasteiger partial charge in [-0.25, -0.2) is 4.79 Å². The van der Waals surface area contributed by atoms with Crippen LogP contribution in [0.3, 0.4) is 0 Å². The Morgan fingerprint density at radius 1 is 1.21 bits per heavy atom. The van der Waals surface area contributed by atoms with Gasteiger partial charge >= 0.3 is 5.69 Å². The Morgan fingerprint density at radius 2 is 1.86 bits per heavy atom. The van der Waals surface area contributed by atoms with Crippen LogP contribution in [0, 0.1) is 0 Å². The van der Waals surface area contributed by atoms with Crippen molar-refractivity contribution in [3.8, 4) is 0 Å². The molecule has 2 aromatic rings. The van der Waals surface area contributed by atoms with Gasteiger partial charge in [-0.3, -0.25) is 0 Å². The van der Waals surface area contributed by atoms with Crippen LogP contribution < -0.4 is 5.69 Å². The van der Waals surface area contributed by atoms with Gasteiger partial charge in [-0.2, -0.15) is 12.6 Å². The normalized spacial score (nSPS) is 12.2. The largest absolute Gasteiger partial charge is 0.323 e. The third-order valence-corrected chi connectivity index (χ3v) is 2.48. The zero-order chi connectivity index (χ0) is 10.3. The predicted molar refractivity (Wildman–Crippen MR) is 60.9 cm³/mol. The summed E-state index contributed by atoms with van der Waals surface area (Å²) in [4.78, 5) is 16.4. The van der Waals surface area contributed by atoms with Crippen molar-refractivity contribution >= 4 is 23.7 Å². The molecule has 0 saturated heterocycles. The maximum Gasteiger partial charge on any atom is 0.323 e. The monoisotopic (exact) mass is 208 g/mol. The van der Waals surface area contributed by atoms with Crippen LogP contribution in [0.4, 0.5) is 0 Å². The van der Waals surface area contributed by atoms with Crippen LogP contribution in [0.25, 0.3) is 11.0 Å². The molecule has 0 aliphatic rings. The van der Waals surface area contributed by atoms with Gasteiger partial charge in [0.15, 0.2) is 0 Å². The molecule has 4 heteroatoms. The van der Waals surface area contributed by atoms with E-state index in [1.165, 1.54) is 0 Å². The first kappa shape index (κ1) is 9.40. The third kappa shape index (κ3) is 1.57. The minimum Gasteiger partial charge on any atom is -0.306 e. The van der Waals surface area contributed by atoms with Crippen molar-refractivity contribution in [2.75, 3.05) is 0 Å². The highest BCUT2D eigenvalue weighted by Gasteiger charge is 2.15. The maximum absolute atomic E-state index is 11.0. The quantitative estimate of drug-likeness (QED) is 0.617. The minimum atomic E-state index is -0.192. The fraction of sp³-hybridized carbons (Fsp3) is 0.300. The number of thiol groups is 1. The van der Waals surface area contributed by atoms with Crippen LogP contribution in [-0.2, 0) is 4.75 Å². The van der Waals surface area contributed by atoms with Crippen molar-refractivity contribution < 1.29 is 0 Å². The molecule has 1 heterocycles. The second-order valence-corrected chi connectivity index (χ2v) is 5.02. The highest BCUT2D eigenvalue weighted by molar-refractivity contribution is 7.81. The van der Waals surface area contributed by atoms with Crippen LogP contribution >= 0.6 is 12.6 Å². The zero-order valence-electron chi connectivity index (χ0n) is 8.09. The molecule has 0 aliphatic heterocycles. The second kappa shape index (κ2) is 2.92. The average molecular weight is 208 g/mol. The summed E-state index contributed by atoms with van der Waals surface area (Å²) >= 11 is 4.47. The first-order valence-corrected chi connectivity index (χ1v) is 4.86. The number of imidazole rings is 1. The molecule has 0 aliphatic carbocycles. The summed E-state index contributed by atoms with van der Waals surface area (Å²) in [5.41, 5.74) is 2.57. The molecule has 0 atom stereocenters. The molecule has 0 saturated carbocycles. The van der Waals surface area contributed by atoms with Gasteiger partial charge < -0.3 is 9.97 Å². The van der Waals surface area contributed by atoms with Crippen LogP contribution in [-0.4, -0.2) is 9.97 Å². The van der Waals surface area contributed by atoms with Crippen molar-refractivity contribution in [1.29, 1.82) is 0 Å². The van der Waals surface area contributed by atoms with Crippen molar-refractivity contribution in [2.45, 2.75) is 18.6 Å². The molecule has 0 amide bonds. The minimum absolute atomic E-state index is 0.172. The van der Waals surface area contributed by atoms with Crippen molar-refractivity contribution in [3.05, 3.63) is 34.2 Å². The molecule has 0 fully saturated rings. The Morgan fingerprint density at radius 3 is 2.50 bits per heavy atom. The maximum atomic E-state index is 11.0. The molecule has 0 radical (unpaired) electrons. The number of fused-ring (bicyclic) bond motifs is 1. The molecule has 0 bridgehead atoms. The van der Waals surface area contributed by atoms with Crippen LogP contribution in [0.15, 0.2) is 23.0 Å². The van der Waals surface area contributed by atoms with E-state index in [2.05, 4.69) is 22.6 Å². The first-order chi connectivity index (χ1) is 6.47. The number of hydrogen-bond acceptors (Lipinski definition) is 2. The molecule has 74 valence electrons. The van der Waals surface area contributed by atoms with Gasteiger partial charge in [0.1, 0.15) is 0 Å². The fourth-order valence-corrected chi connectivity index (χ4v) is 1.55. The van der Waals surface area contributed by atoms with Gasteiger partial charge in [0.25, 0.3) is 0 Å². The number of rotatable bonds is 1. The second-order valence-electron chi connectivity index (χ2n) is 3.90. The Hall–Kier alpha value is -1.16. The van der Waals surface area contributed by atoms with Gasteiger partial charge in [-0.05, 0) is 31.5 Å². The molecule has 0 spiro atoms. The number of benzene rings is 1. The molecule has 14 heavy (non-hydrogen) atoms. The lowest BCUT2D eigenvalue weighted by molar-refractivity contribution is 0.792. The third-order valence-electron chi connectivity index (χ3n) is 2.22. The predicted octanol–water partition coefficient (Wildman–Crippen LogP) is 2.02. The molecule has 2 N–H and O–H groups in total. The molecule has 2 rings (SSSR count). The van der Waals surface area contributed by atoms with Crippen molar-refractivity contribution in [2.24, 2.45) is 0 Å². The summed E-state index contributed by atoms with van der Waals surface area (Å²) in [7, 11) is 0. The van der Waals surface area contributed by atoms with Crippen LogP contribution in [0.1, 0.15) is 19.4 Å². The lowest BCUT2D eigenvalue weighted by Gasteiger charge is -2.17. The summed E-state index contributed by atoms with van der Waals surface area (Å²) in [6, 6.07) is 5.81. The number of nitrogens with one attached hydrogen (secondary N) is 2. The lowest BCUT2D eigenvalue weighted by Crippen LogP contribution is -2.06. The van der Waals surface area contributed by atoms with E-state index in [9.17, 15) is 4.79 Å². The summed E-state index contributed by atoms with van der Waals surface area (Å²) < 4.78 is -0.192. The van der Waals surface area contributed by atoms with Gasteiger partial charge in [0.2, 0.25) is 0 Å². The summed E-state index contributed by atoms with van der Waals surface area (Å²) in [6.45, 7) is 4.03. The van der Waals surface area contributed by atoms with Crippen LogP contribution in [0.5, 0.6) is 0 Å². The van der Waals surface area contributed by atoms with Crippen molar-refractivity contribution in [3.63, 3.8) is 0 Å². The average Bonchev–Trinajstić information content (AvgIpc) is 2.41. The smallest absolute Gasteiger partial charge is 0.306 e. The standard InChI is InChI=1S/C10H12N2OS/c1-10(2,14)6-3-4-7-8(5-6)12-9(13)11-7/h3-5,14H,1-2H3,(H2,11,12,13). The lowest BCUT2D eigenvalue weighted by atomic mass is 10.0. The SMILES string of the molecule is CC(C)(S)c1ccc2[nH]c(=O)[nH]c2c1. The number of hydrogen-bond donors (Lipinski definition) is 3. The van der Waals surface area contributed by atoms with E-state index in [0.29, 0.717) is 0 Å². The van der Waals surface area contributed by atoms with E-state index in [4.69, 9.17) is 0 Å². The number of aromatic amines is 2. The Labute approximate surface area is 87.0 Å². The Bertz CT molecular complexity index is 519. The number of aromatic nitrogens is 2. The summed E-state index contributed by atoms with van der Waals surface area (Å²) in [6.07, 6.45) is 0. The van der Waals surface area contributed by atoms with Gasteiger partial charge in [0, 0.05) is 4.75 Å². The van der Waals surface area contributed by atoms with Gasteiger partial charge in [0.05, 0.1) is 11.0 Å². The number of H-pyrrole nitrogens is 2. The first-order valence-electron chi connectivity index (χ1n) is 4.42. The van der Waals surface area contributed by atoms with Crippen molar-refractivity contribution in [1.82, 2.24) is 9.97 Å². The van der Waals surface area contributed by atoms with E-state index in [1.54, 1.807) is 0 Å². The molecule has 1 aromatic carbocycles. The van der Waals surface area contributed by atoms with E-state index in [1.807, 2.05) is 32.0 Å². The van der Waals surface area contributed by atoms with Crippen LogP contribution in [0.2, 0.25) is 0 Å². The molecular formula is C10H12N2OS. The molecule has 0 unspecified atom stereocenters. The summed E-state index contributed by atoms with van der Waals surface area (Å²) in [5, 5.41) is 0. The highest BCUT2D eigenvalue weighted by Crippen LogP contribution is 2.28. The zero-order valence-corrected chi connectivity index (χ0v) is 8.98. The summed E-state index contributed by atoms with van der Waals surface area (Å²) in [5.74, 6) is 0. The Balaban J connectivity index is 2.67. The molecule has 1 aromatic heterocycles. The van der Waals surface area contributed by atoms with Gasteiger partial charge in [-0.15, -0.1) is 0 Å². The topological polar surface area (TPSA) is 48.6 Å². The Kier molecular flexibility index (Phi) is 1.96. The van der Waals surface area contributed by atoms with E-state index in [-0.39, 0.29) is 10.4 Å². The molecule has 3 nitrogen and oxygen atoms in total. The van der Waals surface area contributed by atoms with E-state index >= 15 is 0 Å². The van der Waals surface area contributed by atoms with E-state index in [0.717, 1.165) is 16.6 Å². The highest BCUT2D eigenvalue weighted by atomic mass is 32.1. The fourth-order valence-electron chi connectivity index (χ4n) is 1.41.